The summed E-state index contributed by atoms with van der Waals surface area (Å²) in [5.41, 5.74) is 4.30. The zero-order valence-corrected chi connectivity index (χ0v) is 34.1. The average Bonchev–Trinajstić information content (AvgIpc) is 3.43. The minimum Gasteiger partial charge on any atom is -0.508 e. The van der Waals surface area contributed by atoms with Crippen molar-refractivity contribution in [3.63, 3.8) is 0 Å². The van der Waals surface area contributed by atoms with E-state index in [4.69, 9.17) is 9.08 Å². The van der Waals surface area contributed by atoms with E-state index in [1.165, 1.54) is 15.9 Å². The molecular weight excluding hydrogens is 701 g/mol. The number of aromatic hydroxyl groups is 1. The summed E-state index contributed by atoms with van der Waals surface area (Å²) in [7, 11) is -3.98. The van der Waals surface area contributed by atoms with Gasteiger partial charge in [0.05, 0.1) is 24.5 Å². The molecule has 4 aliphatic rings. The van der Waals surface area contributed by atoms with Gasteiger partial charge in [-0.15, -0.1) is 0 Å². The number of fused-ring (bicyclic) bond motifs is 3. The molecule has 0 unspecified atom stereocenters. The minimum absolute atomic E-state index is 0.0410. The van der Waals surface area contributed by atoms with Crippen molar-refractivity contribution in [2.45, 2.75) is 115 Å². The lowest BCUT2D eigenvalue weighted by molar-refractivity contribution is -0.143. The van der Waals surface area contributed by atoms with Crippen molar-refractivity contribution in [2.24, 2.45) is 17.8 Å². The first-order valence-electron chi connectivity index (χ1n) is 20.7. The predicted octanol–water partition coefficient (Wildman–Crippen LogP) is 8.06. The molecule has 2 N–H and O–H groups in total. The molecule has 0 radical (unpaired) electrons. The van der Waals surface area contributed by atoms with Crippen LogP contribution in [-0.4, -0.2) is 61.0 Å². The van der Waals surface area contributed by atoms with E-state index in [1.54, 1.807) is 17.0 Å². The standard InChI is InChI=1S/C46H58BNO6Si/c1-5-16-32(27-33-17-15-20-36(49)28-33)25-26-41-42-34(31-53-55(46(2,3)4,37-21-11-7-12-22-37)38-23-13-8-14-24-38)29-39-43(40(42)30-47(52)54-41)45(51)48(44(39)50)35-18-9-6-10-19-35/h7-8,11-15,17,20-24,27-28,35,39-41,43,49,52H,5-6,9-10,16,18-19,25-26,29-31H2,1-4H3/b32-27+/t39-,40+,41-,43-/m1/s1. The Morgan fingerprint density at radius 1 is 0.909 bits per heavy atom. The zero-order valence-electron chi connectivity index (χ0n) is 33.1. The van der Waals surface area contributed by atoms with Gasteiger partial charge in [0.2, 0.25) is 11.8 Å². The van der Waals surface area contributed by atoms with Gasteiger partial charge < -0.3 is 19.2 Å². The Balaban J connectivity index is 1.30. The average molecular weight is 760 g/mol. The lowest BCUT2D eigenvalue weighted by Gasteiger charge is -2.46. The van der Waals surface area contributed by atoms with Gasteiger partial charge in [-0.1, -0.05) is 138 Å². The number of nitrogens with zero attached hydrogens (tertiary/aromatic N) is 1. The van der Waals surface area contributed by atoms with Gasteiger partial charge in [-0.2, -0.15) is 0 Å². The number of allylic oxidation sites excluding steroid dienone is 1. The number of hydrogen-bond donors (Lipinski definition) is 2. The Morgan fingerprint density at radius 2 is 1.58 bits per heavy atom. The van der Waals surface area contributed by atoms with Crippen molar-refractivity contribution in [3.05, 3.63) is 107 Å². The third-order valence-electron chi connectivity index (χ3n) is 12.7. The van der Waals surface area contributed by atoms with Gasteiger partial charge in [-0.3, -0.25) is 14.5 Å². The number of amides is 2. The molecule has 0 bridgehead atoms. The quantitative estimate of drug-likeness (QED) is 0.110. The Kier molecular flexibility index (Phi) is 12.0. The Morgan fingerprint density at radius 3 is 2.20 bits per heavy atom. The van der Waals surface area contributed by atoms with E-state index in [9.17, 15) is 19.7 Å². The maximum atomic E-state index is 14.5. The summed E-state index contributed by atoms with van der Waals surface area (Å²) in [6.07, 6.45) is 10.6. The summed E-state index contributed by atoms with van der Waals surface area (Å²) >= 11 is 0. The van der Waals surface area contributed by atoms with Gasteiger partial charge in [-0.05, 0) is 95.0 Å². The molecule has 7 rings (SSSR count). The normalized spacial score (nSPS) is 24.0. The molecule has 2 aliphatic heterocycles. The van der Waals surface area contributed by atoms with Crippen LogP contribution in [0.3, 0.4) is 0 Å². The fourth-order valence-corrected chi connectivity index (χ4v) is 14.9. The second-order valence-electron chi connectivity index (χ2n) is 17.3. The van der Waals surface area contributed by atoms with Gasteiger partial charge in [0.25, 0.3) is 8.32 Å². The smallest absolute Gasteiger partial charge is 0.455 e. The van der Waals surface area contributed by atoms with Gasteiger partial charge in [0.1, 0.15) is 5.75 Å². The molecule has 9 heteroatoms. The van der Waals surface area contributed by atoms with Crippen LogP contribution in [0.25, 0.3) is 6.08 Å². The van der Waals surface area contributed by atoms with Gasteiger partial charge >= 0.3 is 7.12 Å². The SMILES string of the molecule is CCC/C(=C\c1cccc(O)c1)CC[C@H]1OB(O)C[C@H]2C1=C(CO[Si](c1ccccc1)(c1ccccc1)C(C)(C)C)C[C@H]1C(=O)N(C3CCCCC3)C(=O)[C@H]12. The first kappa shape index (κ1) is 39.5. The third kappa shape index (κ3) is 7.95. The molecule has 2 saturated heterocycles. The number of hydrogen-bond acceptors (Lipinski definition) is 6. The highest BCUT2D eigenvalue weighted by Gasteiger charge is 2.59. The summed E-state index contributed by atoms with van der Waals surface area (Å²) in [5.74, 6) is -1.13. The highest BCUT2D eigenvalue weighted by Crippen LogP contribution is 2.52. The maximum Gasteiger partial charge on any atom is 0.455 e. The molecule has 4 atom stereocenters. The van der Waals surface area contributed by atoms with Crippen molar-refractivity contribution in [3.8, 4) is 5.75 Å². The second kappa shape index (κ2) is 16.8. The number of phenols is 1. The summed E-state index contributed by atoms with van der Waals surface area (Å²) in [5, 5.41) is 23.7. The number of carbonyl (C=O) groups is 2. The van der Waals surface area contributed by atoms with Crippen LogP contribution in [-0.2, 0) is 18.7 Å². The molecular formula is C46H58BNO6Si. The first-order valence-corrected chi connectivity index (χ1v) is 22.6. The fraction of sp³-hybridized carbons (Fsp3) is 0.478. The van der Waals surface area contributed by atoms with Crippen LogP contribution in [0.4, 0.5) is 0 Å². The maximum absolute atomic E-state index is 14.5. The third-order valence-corrected chi connectivity index (χ3v) is 17.7. The molecule has 7 nitrogen and oxygen atoms in total. The van der Waals surface area contributed by atoms with Crippen LogP contribution in [0.1, 0.15) is 97.5 Å². The Hall–Kier alpha value is -3.76. The molecule has 2 aliphatic carbocycles. The van der Waals surface area contributed by atoms with Crippen molar-refractivity contribution in [2.75, 3.05) is 6.61 Å². The highest BCUT2D eigenvalue weighted by atomic mass is 28.4. The summed E-state index contributed by atoms with van der Waals surface area (Å²) < 4.78 is 14.0. The molecule has 0 spiro atoms. The largest absolute Gasteiger partial charge is 0.508 e. The van der Waals surface area contributed by atoms with Crippen LogP contribution < -0.4 is 10.4 Å². The number of carbonyl (C=O) groups excluding carboxylic acids is 2. The van der Waals surface area contributed by atoms with Crippen LogP contribution in [0.5, 0.6) is 5.75 Å². The zero-order chi connectivity index (χ0) is 38.7. The molecule has 55 heavy (non-hydrogen) atoms. The Labute approximate surface area is 329 Å². The van der Waals surface area contributed by atoms with Crippen LogP contribution in [0, 0.1) is 17.8 Å². The number of rotatable bonds is 12. The van der Waals surface area contributed by atoms with Gasteiger partial charge in [0, 0.05) is 6.04 Å². The van der Waals surface area contributed by atoms with Crippen LogP contribution >= 0.6 is 0 Å². The van der Waals surface area contributed by atoms with Gasteiger partial charge in [-0.25, -0.2) is 0 Å². The summed E-state index contributed by atoms with van der Waals surface area (Å²) in [4.78, 5) is 30.6. The van der Waals surface area contributed by atoms with Crippen LogP contribution in [0.2, 0.25) is 11.4 Å². The predicted molar refractivity (Wildman–Crippen MR) is 222 cm³/mol. The van der Waals surface area contributed by atoms with Crippen LogP contribution in [0.15, 0.2) is 102 Å². The van der Waals surface area contributed by atoms with E-state index in [0.29, 0.717) is 19.4 Å². The first-order chi connectivity index (χ1) is 26.5. The Bertz CT molecular complexity index is 1850. The number of imide groups is 1. The number of phenolic OH excluding ortho intramolecular Hbond substituents is 1. The molecule has 2 amide bonds. The molecule has 3 aromatic rings. The lowest BCUT2D eigenvalue weighted by Crippen LogP contribution is -2.66. The molecule has 1 saturated carbocycles. The highest BCUT2D eigenvalue weighted by molar-refractivity contribution is 6.99. The van der Waals surface area contributed by atoms with Crippen molar-refractivity contribution >= 4 is 43.7 Å². The van der Waals surface area contributed by atoms with Gasteiger partial charge in [0.15, 0.2) is 0 Å². The van der Waals surface area contributed by atoms with E-state index in [1.807, 2.05) is 24.3 Å². The van der Waals surface area contributed by atoms with E-state index in [-0.39, 0.29) is 40.9 Å². The van der Waals surface area contributed by atoms with E-state index in [0.717, 1.165) is 68.1 Å². The number of likely N-dealkylation sites (tertiary alicyclic amines) is 1. The molecule has 290 valence electrons. The monoisotopic (exact) mass is 759 g/mol. The van der Waals surface area contributed by atoms with E-state index in [2.05, 4.69) is 82.3 Å². The molecule has 3 fully saturated rings. The molecule has 0 aromatic heterocycles. The summed E-state index contributed by atoms with van der Waals surface area (Å²) in [6.45, 7) is 9.31. The van der Waals surface area contributed by atoms with Crippen molar-refractivity contribution in [1.29, 1.82) is 0 Å². The fourth-order valence-electron chi connectivity index (χ4n) is 10.3. The van der Waals surface area contributed by atoms with E-state index >= 15 is 0 Å². The summed E-state index contributed by atoms with van der Waals surface area (Å²) in [6, 6.07) is 28.5. The van der Waals surface area contributed by atoms with E-state index < -0.39 is 33.4 Å². The lowest BCUT2D eigenvalue weighted by atomic mass is 9.58. The topological polar surface area (TPSA) is 96.3 Å². The molecule has 2 heterocycles. The van der Waals surface area contributed by atoms with Crippen molar-refractivity contribution < 1.29 is 28.8 Å². The van der Waals surface area contributed by atoms with Crippen molar-refractivity contribution in [1.82, 2.24) is 4.90 Å². The minimum atomic E-state index is -2.94. The molecule has 3 aromatic carbocycles. The second-order valence-corrected chi connectivity index (χ2v) is 21.6. The number of benzene rings is 3.